The first-order valence-electron chi connectivity index (χ1n) is 5.22. The Hall–Kier alpha value is -1.34. The van der Waals surface area contributed by atoms with Gasteiger partial charge in [-0.25, -0.2) is 0 Å². The van der Waals surface area contributed by atoms with Crippen LogP contribution in [-0.4, -0.2) is 5.91 Å². The smallest absolute Gasteiger partial charge is 0.224 e. The summed E-state index contributed by atoms with van der Waals surface area (Å²) in [4.78, 5) is 11.3. The van der Waals surface area contributed by atoms with Gasteiger partial charge >= 0.3 is 0 Å². The predicted octanol–water partition coefficient (Wildman–Crippen LogP) is 3.27. The minimum absolute atomic E-state index is 0.0567. The van der Waals surface area contributed by atoms with Gasteiger partial charge in [-0.3, -0.25) is 4.79 Å². The van der Waals surface area contributed by atoms with Crippen molar-refractivity contribution >= 4 is 22.2 Å². The Morgan fingerprint density at radius 1 is 1.56 bits per heavy atom. The molecular formula is C12H16N2OS. The number of rotatable bonds is 2. The number of anilines is 1. The molecule has 4 heteroatoms. The van der Waals surface area contributed by atoms with E-state index in [1.54, 1.807) is 6.92 Å². The van der Waals surface area contributed by atoms with Crippen LogP contribution in [0.25, 0.3) is 0 Å². The van der Waals surface area contributed by atoms with Crippen LogP contribution in [0.1, 0.15) is 45.2 Å². The molecule has 1 N–H and O–H groups in total. The Labute approximate surface area is 100 Å². The van der Waals surface area contributed by atoms with E-state index in [0.29, 0.717) is 17.0 Å². The molecule has 1 amide bonds. The second-order valence-electron chi connectivity index (χ2n) is 4.62. The van der Waals surface area contributed by atoms with Crippen molar-refractivity contribution < 1.29 is 4.79 Å². The minimum Gasteiger partial charge on any atom is -0.317 e. The van der Waals surface area contributed by atoms with Crippen LogP contribution in [0.3, 0.4) is 0 Å². The largest absolute Gasteiger partial charge is 0.317 e. The fourth-order valence-corrected chi connectivity index (χ4v) is 2.48. The third-order valence-corrected chi connectivity index (χ3v) is 3.18. The van der Waals surface area contributed by atoms with E-state index < -0.39 is 0 Å². The van der Waals surface area contributed by atoms with E-state index in [4.69, 9.17) is 5.26 Å². The standard InChI is InChI=1S/C12H16N2OS/c1-5-10(15)14-11-8(6-13)9(7-16-11)12(2,3)4/h7H,5H2,1-4H3,(H,14,15). The Kier molecular flexibility index (Phi) is 3.71. The molecule has 3 nitrogen and oxygen atoms in total. The van der Waals surface area contributed by atoms with Gasteiger partial charge in [-0.15, -0.1) is 11.3 Å². The van der Waals surface area contributed by atoms with Crippen molar-refractivity contribution in [3.63, 3.8) is 0 Å². The first kappa shape index (κ1) is 12.7. The number of nitriles is 1. The molecule has 1 rings (SSSR count). The highest BCUT2D eigenvalue weighted by molar-refractivity contribution is 7.14. The number of amides is 1. The molecular weight excluding hydrogens is 220 g/mol. The maximum Gasteiger partial charge on any atom is 0.224 e. The van der Waals surface area contributed by atoms with Gasteiger partial charge in [0.1, 0.15) is 11.1 Å². The van der Waals surface area contributed by atoms with Crippen LogP contribution >= 0.6 is 11.3 Å². The van der Waals surface area contributed by atoms with E-state index in [0.717, 1.165) is 5.56 Å². The maximum absolute atomic E-state index is 11.3. The minimum atomic E-state index is -0.0727. The summed E-state index contributed by atoms with van der Waals surface area (Å²) in [6, 6.07) is 2.18. The van der Waals surface area contributed by atoms with Crippen molar-refractivity contribution in [3.05, 3.63) is 16.5 Å². The normalized spacial score (nSPS) is 10.9. The van der Waals surface area contributed by atoms with Crippen molar-refractivity contribution in [2.24, 2.45) is 0 Å². The van der Waals surface area contributed by atoms with Crippen LogP contribution in [0.15, 0.2) is 5.38 Å². The van der Waals surface area contributed by atoms with Crippen molar-refractivity contribution in [3.8, 4) is 6.07 Å². The van der Waals surface area contributed by atoms with Gasteiger partial charge in [0.15, 0.2) is 0 Å². The van der Waals surface area contributed by atoms with E-state index in [-0.39, 0.29) is 11.3 Å². The predicted molar refractivity (Wildman–Crippen MR) is 66.7 cm³/mol. The van der Waals surface area contributed by atoms with E-state index >= 15 is 0 Å². The van der Waals surface area contributed by atoms with Gasteiger partial charge < -0.3 is 5.32 Å². The van der Waals surface area contributed by atoms with Crippen molar-refractivity contribution in [2.75, 3.05) is 5.32 Å². The SMILES string of the molecule is CCC(=O)Nc1scc(C(C)(C)C)c1C#N. The molecule has 16 heavy (non-hydrogen) atoms. The van der Waals surface area contributed by atoms with Gasteiger partial charge in [0, 0.05) is 6.42 Å². The van der Waals surface area contributed by atoms with Crippen LogP contribution < -0.4 is 5.32 Å². The maximum atomic E-state index is 11.3. The number of carbonyl (C=O) groups is 1. The average Bonchev–Trinajstić information content (AvgIpc) is 2.60. The van der Waals surface area contributed by atoms with Crippen LogP contribution in [0.2, 0.25) is 0 Å². The number of nitrogens with one attached hydrogen (secondary N) is 1. The number of hydrogen-bond acceptors (Lipinski definition) is 3. The van der Waals surface area contributed by atoms with Crippen molar-refractivity contribution in [1.29, 1.82) is 5.26 Å². The summed E-state index contributed by atoms with van der Waals surface area (Å²) in [5.74, 6) is -0.0567. The summed E-state index contributed by atoms with van der Waals surface area (Å²) in [6.07, 6.45) is 0.424. The number of carbonyl (C=O) groups excluding carboxylic acids is 1. The fraction of sp³-hybridized carbons (Fsp3) is 0.500. The third kappa shape index (κ3) is 2.61. The highest BCUT2D eigenvalue weighted by atomic mass is 32.1. The van der Waals surface area contributed by atoms with Gasteiger partial charge in [-0.05, 0) is 16.4 Å². The molecule has 0 saturated carbocycles. The second kappa shape index (κ2) is 4.67. The van der Waals surface area contributed by atoms with Gasteiger partial charge in [-0.2, -0.15) is 5.26 Å². The molecule has 1 heterocycles. The summed E-state index contributed by atoms with van der Waals surface area (Å²) < 4.78 is 0. The summed E-state index contributed by atoms with van der Waals surface area (Å²) in [5.41, 5.74) is 1.52. The zero-order valence-corrected chi connectivity index (χ0v) is 10.9. The quantitative estimate of drug-likeness (QED) is 0.856. The molecule has 0 aromatic carbocycles. The number of hydrogen-bond donors (Lipinski definition) is 1. The molecule has 0 fully saturated rings. The highest BCUT2D eigenvalue weighted by Gasteiger charge is 2.22. The Bertz CT molecular complexity index is 435. The van der Waals surface area contributed by atoms with E-state index in [9.17, 15) is 4.79 Å². The third-order valence-electron chi connectivity index (χ3n) is 2.28. The molecule has 0 bridgehead atoms. The first-order chi connectivity index (χ1) is 7.40. The van der Waals surface area contributed by atoms with Crippen molar-refractivity contribution in [2.45, 2.75) is 39.5 Å². The fourth-order valence-electron chi connectivity index (χ4n) is 1.33. The Morgan fingerprint density at radius 3 is 2.62 bits per heavy atom. The highest BCUT2D eigenvalue weighted by Crippen LogP contribution is 2.35. The average molecular weight is 236 g/mol. The lowest BCUT2D eigenvalue weighted by molar-refractivity contribution is -0.115. The topological polar surface area (TPSA) is 52.9 Å². The van der Waals surface area contributed by atoms with Gasteiger partial charge in [-0.1, -0.05) is 27.7 Å². The summed E-state index contributed by atoms with van der Waals surface area (Å²) in [7, 11) is 0. The summed E-state index contributed by atoms with van der Waals surface area (Å²) >= 11 is 1.42. The zero-order valence-electron chi connectivity index (χ0n) is 10.0. The van der Waals surface area contributed by atoms with Gasteiger partial charge in [0.2, 0.25) is 5.91 Å². The van der Waals surface area contributed by atoms with E-state index in [2.05, 4.69) is 32.2 Å². The van der Waals surface area contributed by atoms with Crippen LogP contribution in [0.5, 0.6) is 0 Å². The zero-order chi connectivity index (χ0) is 12.3. The summed E-state index contributed by atoms with van der Waals surface area (Å²) in [6.45, 7) is 7.96. The molecule has 0 aliphatic carbocycles. The first-order valence-corrected chi connectivity index (χ1v) is 6.10. The van der Waals surface area contributed by atoms with Gasteiger partial charge in [0.25, 0.3) is 0 Å². The molecule has 0 unspecified atom stereocenters. The molecule has 86 valence electrons. The molecule has 1 aromatic rings. The molecule has 0 saturated heterocycles. The number of nitrogens with zero attached hydrogens (tertiary/aromatic N) is 1. The lowest BCUT2D eigenvalue weighted by Crippen LogP contribution is -2.13. The molecule has 0 atom stereocenters. The van der Waals surface area contributed by atoms with Crippen LogP contribution in [0, 0.1) is 11.3 Å². The molecule has 0 aliphatic rings. The monoisotopic (exact) mass is 236 g/mol. The molecule has 1 aromatic heterocycles. The van der Waals surface area contributed by atoms with E-state index in [1.165, 1.54) is 11.3 Å². The van der Waals surface area contributed by atoms with Gasteiger partial charge in [0.05, 0.1) is 5.56 Å². The summed E-state index contributed by atoms with van der Waals surface area (Å²) in [5, 5.41) is 14.5. The van der Waals surface area contributed by atoms with Crippen molar-refractivity contribution in [1.82, 2.24) is 0 Å². The second-order valence-corrected chi connectivity index (χ2v) is 5.50. The Morgan fingerprint density at radius 2 is 2.19 bits per heavy atom. The molecule has 0 aliphatic heterocycles. The molecule has 0 radical (unpaired) electrons. The van der Waals surface area contributed by atoms with E-state index in [1.807, 2.05) is 5.38 Å². The number of thiophene rings is 1. The lowest BCUT2D eigenvalue weighted by atomic mass is 9.86. The molecule has 0 spiro atoms. The Balaban J connectivity index is 3.11. The van der Waals surface area contributed by atoms with Crippen LogP contribution in [-0.2, 0) is 10.2 Å². The van der Waals surface area contributed by atoms with Crippen LogP contribution in [0.4, 0.5) is 5.00 Å². The lowest BCUT2D eigenvalue weighted by Gasteiger charge is -2.17.